The molecule has 4 rings (SSSR count). The number of nitrogens with zero attached hydrogens (tertiary/aromatic N) is 4. The molecule has 2 saturated carbocycles. The van der Waals surface area contributed by atoms with Crippen molar-refractivity contribution in [2.75, 3.05) is 31.1 Å². The molecule has 0 bridgehead atoms. The van der Waals surface area contributed by atoms with E-state index in [0.29, 0.717) is 23.0 Å². The van der Waals surface area contributed by atoms with Crippen molar-refractivity contribution in [2.24, 2.45) is 11.3 Å². The number of hydrogen-bond donors (Lipinski definition) is 0. The maximum Gasteiger partial charge on any atom is 0.132 e. The van der Waals surface area contributed by atoms with Crippen LogP contribution in [0.2, 0.25) is 0 Å². The molecule has 1 aromatic heterocycles. The Kier molecular flexibility index (Phi) is 4.30. The predicted octanol–water partition coefficient (Wildman–Crippen LogP) is 2.87. The van der Waals surface area contributed by atoms with E-state index >= 15 is 0 Å². The number of carbonyl (C=O) groups is 1. The van der Waals surface area contributed by atoms with E-state index in [2.05, 4.69) is 33.6 Å². The lowest BCUT2D eigenvalue weighted by atomic mass is 9.49. The highest BCUT2D eigenvalue weighted by Gasteiger charge is 2.55. The van der Waals surface area contributed by atoms with Crippen LogP contribution in [0.4, 0.5) is 5.69 Å². The topological polar surface area (TPSA) is 49.3 Å². The Labute approximate surface area is 150 Å². The fourth-order valence-electron chi connectivity index (χ4n) is 4.94. The van der Waals surface area contributed by atoms with E-state index in [9.17, 15) is 4.79 Å². The molecule has 3 aliphatic rings. The van der Waals surface area contributed by atoms with Gasteiger partial charge in [0, 0.05) is 44.1 Å². The average molecular weight is 342 g/mol. The molecule has 2 heterocycles. The van der Waals surface area contributed by atoms with Crippen molar-refractivity contribution in [3.05, 3.63) is 18.2 Å². The van der Waals surface area contributed by atoms with Crippen LogP contribution < -0.4 is 4.90 Å². The maximum atomic E-state index is 11.4. The lowest BCUT2D eigenvalue weighted by molar-refractivity contribution is -0.139. The molecule has 0 aromatic carbocycles. The molecule has 136 valence electrons. The molecular formula is C20H30N4O. The third-order valence-electron chi connectivity index (χ3n) is 6.64. The molecule has 0 radical (unpaired) electrons. The minimum absolute atomic E-state index is 0.367. The monoisotopic (exact) mass is 342 g/mol. The summed E-state index contributed by atoms with van der Waals surface area (Å²) in [6.07, 6.45) is 8.88. The van der Waals surface area contributed by atoms with Crippen LogP contribution in [0.3, 0.4) is 0 Å². The van der Waals surface area contributed by atoms with E-state index in [4.69, 9.17) is 0 Å². The smallest absolute Gasteiger partial charge is 0.132 e. The zero-order chi connectivity index (χ0) is 17.6. The lowest BCUT2D eigenvalue weighted by Gasteiger charge is -2.60. The van der Waals surface area contributed by atoms with Gasteiger partial charge in [-0.3, -0.25) is 9.69 Å². The molecule has 5 nitrogen and oxygen atoms in total. The molecule has 0 unspecified atom stereocenters. The summed E-state index contributed by atoms with van der Waals surface area (Å²) in [6.45, 7) is 10.4. The summed E-state index contributed by atoms with van der Waals surface area (Å²) in [5, 5.41) is 0. The summed E-state index contributed by atoms with van der Waals surface area (Å²) in [5.41, 5.74) is 1.68. The van der Waals surface area contributed by atoms with Crippen LogP contribution in [0.25, 0.3) is 0 Å². The van der Waals surface area contributed by atoms with E-state index in [1.807, 2.05) is 12.4 Å². The van der Waals surface area contributed by atoms with Crippen LogP contribution >= 0.6 is 0 Å². The number of Topliss-reactive ketones (excluding diaryl/α,β-unsaturated/α-hetero) is 1. The molecule has 2 aliphatic carbocycles. The highest BCUT2D eigenvalue weighted by Crippen LogP contribution is 2.60. The summed E-state index contributed by atoms with van der Waals surface area (Å²) >= 11 is 0. The number of piperazine rings is 1. The van der Waals surface area contributed by atoms with Gasteiger partial charge in [-0.25, -0.2) is 9.97 Å². The van der Waals surface area contributed by atoms with Crippen LogP contribution in [0.15, 0.2) is 12.4 Å². The summed E-state index contributed by atoms with van der Waals surface area (Å²) < 4.78 is 0. The Balaban J connectivity index is 1.25. The van der Waals surface area contributed by atoms with Crippen LogP contribution in [-0.2, 0) is 4.79 Å². The normalized spacial score (nSPS) is 32.6. The molecule has 1 aromatic rings. The molecule has 3 fully saturated rings. The average Bonchev–Trinajstić information content (AvgIpc) is 2.52. The molecule has 0 N–H and O–H groups in total. The second kappa shape index (κ2) is 6.35. The van der Waals surface area contributed by atoms with Gasteiger partial charge in [-0.1, -0.05) is 13.8 Å². The van der Waals surface area contributed by atoms with Gasteiger partial charge >= 0.3 is 0 Å². The molecular weight excluding hydrogens is 312 g/mol. The lowest BCUT2D eigenvalue weighted by Crippen LogP contribution is -2.60. The number of anilines is 1. The first-order valence-electron chi connectivity index (χ1n) is 9.77. The first-order valence-corrected chi connectivity index (χ1v) is 9.77. The maximum absolute atomic E-state index is 11.4. The van der Waals surface area contributed by atoms with Gasteiger partial charge in [-0.05, 0) is 38.0 Å². The first kappa shape index (κ1) is 17.0. The molecule has 5 heteroatoms. The van der Waals surface area contributed by atoms with Crippen LogP contribution in [0.1, 0.15) is 58.2 Å². The second-order valence-electron chi connectivity index (χ2n) is 8.76. The zero-order valence-corrected chi connectivity index (χ0v) is 15.7. The van der Waals surface area contributed by atoms with Gasteiger partial charge in [-0.2, -0.15) is 0 Å². The highest BCUT2D eigenvalue weighted by atomic mass is 16.1. The summed E-state index contributed by atoms with van der Waals surface area (Å²) in [7, 11) is 0. The fraction of sp³-hybridized carbons (Fsp3) is 0.750. The van der Waals surface area contributed by atoms with E-state index in [1.54, 1.807) is 6.92 Å². The van der Waals surface area contributed by atoms with E-state index in [0.717, 1.165) is 56.6 Å². The van der Waals surface area contributed by atoms with Crippen LogP contribution in [0, 0.1) is 11.3 Å². The van der Waals surface area contributed by atoms with Crippen molar-refractivity contribution in [3.8, 4) is 0 Å². The number of hydrogen-bond acceptors (Lipinski definition) is 5. The minimum atomic E-state index is 0.367. The van der Waals surface area contributed by atoms with Crippen molar-refractivity contribution in [1.29, 1.82) is 0 Å². The summed E-state index contributed by atoms with van der Waals surface area (Å²) in [6, 6.07) is 0.745. The summed E-state index contributed by atoms with van der Waals surface area (Å²) in [5.74, 6) is 2.07. The van der Waals surface area contributed by atoms with Gasteiger partial charge in [0.1, 0.15) is 11.6 Å². The number of carbonyl (C=O) groups excluding carboxylic acids is 1. The quantitative estimate of drug-likeness (QED) is 0.842. The first-order chi connectivity index (χ1) is 12.0. The van der Waals surface area contributed by atoms with E-state index < -0.39 is 0 Å². The Bertz CT molecular complexity index is 620. The molecule has 0 atom stereocenters. The predicted molar refractivity (Wildman–Crippen MR) is 98.8 cm³/mol. The highest BCUT2D eigenvalue weighted by molar-refractivity contribution is 5.79. The van der Waals surface area contributed by atoms with Gasteiger partial charge in [-0.15, -0.1) is 0 Å². The molecule has 25 heavy (non-hydrogen) atoms. The van der Waals surface area contributed by atoms with E-state index in [1.165, 1.54) is 12.8 Å². The van der Waals surface area contributed by atoms with Crippen LogP contribution in [0.5, 0.6) is 0 Å². The third-order valence-corrected chi connectivity index (χ3v) is 6.64. The summed E-state index contributed by atoms with van der Waals surface area (Å²) in [4.78, 5) is 25.5. The van der Waals surface area contributed by atoms with Gasteiger partial charge in [0.15, 0.2) is 0 Å². The largest absolute Gasteiger partial charge is 0.366 e. The van der Waals surface area contributed by atoms with Crippen molar-refractivity contribution in [1.82, 2.24) is 14.9 Å². The SMILES string of the molecule is CC(=O)C1CC2(C1)CC(N1CCN(c3cnc(C(C)C)nc3)CC1)C2. The number of rotatable bonds is 4. The minimum Gasteiger partial charge on any atom is -0.366 e. The number of aromatic nitrogens is 2. The van der Waals surface area contributed by atoms with E-state index in [-0.39, 0.29) is 0 Å². The van der Waals surface area contributed by atoms with Crippen molar-refractivity contribution in [3.63, 3.8) is 0 Å². The standard InChI is InChI=1S/C20H30N4O/c1-14(2)19-21-12-18(13-22-19)24-6-4-23(5-7-24)17-10-20(11-17)8-16(9-20)15(3)25/h12-14,16-17H,4-11H2,1-3H3. The Morgan fingerprint density at radius 2 is 1.68 bits per heavy atom. The van der Waals surface area contributed by atoms with Crippen molar-refractivity contribution < 1.29 is 4.79 Å². The fourth-order valence-corrected chi connectivity index (χ4v) is 4.94. The zero-order valence-electron chi connectivity index (χ0n) is 15.7. The van der Waals surface area contributed by atoms with Gasteiger partial charge < -0.3 is 4.90 Å². The Morgan fingerprint density at radius 3 is 2.20 bits per heavy atom. The molecule has 0 amide bonds. The Morgan fingerprint density at radius 1 is 1.08 bits per heavy atom. The Hall–Kier alpha value is -1.49. The molecule has 1 spiro atoms. The van der Waals surface area contributed by atoms with Gasteiger partial charge in [0.05, 0.1) is 18.1 Å². The van der Waals surface area contributed by atoms with Crippen molar-refractivity contribution in [2.45, 2.75) is 58.4 Å². The van der Waals surface area contributed by atoms with Crippen LogP contribution in [-0.4, -0.2) is 52.9 Å². The molecule has 1 saturated heterocycles. The number of ketones is 1. The van der Waals surface area contributed by atoms with Gasteiger partial charge in [0.25, 0.3) is 0 Å². The third kappa shape index (κ3) is 3.19. The molecule has 1 aliphatic heterocycles. The second-order valence-corrected chi connectivity index (χ2v) is 8.76. The van der Waals surface area contributed by atoms with Gasteiger partial charge in [0.2, 0.25) is 0 Å². The van der Waals surface area contributed by atoms with Crippen molar-refractivity contribution >= 4 is 11.5 Å².